The van der Waals surface area contributed by atoms with Crippen molar-refractivity contribution in [3.63, 3.8) is 0 Å². The van der Waals surface area contributed by atoms with Crippen molar-refractivity contribution in [3.8, 4) is 6.07 Å². The molecule has 2 fully saturated rings. The molecule has 0 spiro atoms. The van der Waals surface area contributed by atoms with Crippen LogP contribution in [0, 0.1) is 34.0 Å². The SMILES string of the molecule is CC1(C)C(=O)C(C#N)C[C@]2(C)CNC(=O)C[C@@H]12. The predicted octanol–water partition coefficient (Wildman–Crippen LogP) is 1.27. The number of nitrogens with one attached hydrogen (secondary N) is 1. The van der Waals surface area contributed by atoms with Crippen molar-refractivity contribution >= 4 is 11.7 Å². The van der Waals surface area contributed by atoms with Gasteiger partial charge in [0, 0.05) is 18.4 Å². The number of carbonyl (C=O) groups is 2. The Morgan fingerprint density at radius 1 is 1.35 bits per heavy atom. The van der Waals surface area contributed by atoms with Crippen molar-refractivity contribution in [1.29, 1.82) is 5.26 Å². The molecule has 1 amide bonds. The number of fused-ring (bicyclic) bond motifs is 1. The lowest BCUT2D eigenvalue weighted by Gasteiger charge is -2.53. The Bertz CT molecular complexity index is 422. The first-order chi connectivity index (χ1) is 7.81. The second-order valence-corrected chi connectivity index (χ2v) is 6.16. The van der Waals surface area contributed by atoms with E-state index in [4.69, 9.17) is 5.26 Å². The molecule has 17 heavy (non-hydrogen) atoms. The van der Waals surface area contributed by atoms with Gasteiger partial charge < -0.3 is 5.32 Å². The Balaban J connectivity index is 2.41. The molecular weight excluding hydrogens is 216 g/mol. The number of hydrogen-bond acceptors (Lipinski definition) is 3. The van der Waals surface area contributed by atoms with E-state index in [-0.39, 0.29) is 23.0 Å². The van der Waals surface area contributed by atoms with E-state index in [0.29, 0.717) is 19.4 Å². The number of carbonyl (C=O) groups excluding carboxylic acids is 2. The molecule has 1 heterocycles. The van der Waals surface area contributed by atoms with Crippen LogP contribution in [0.25, 0.3) is 0 Å². The van der Waals surface area contributed by atoms with E-state index >= 15 is 0 Å². The summed E-state index contributed by atoms with van der Waals surface area (Å²) in [6.07, 6.45) is 0.962. The molecule has 0 aromatic carbocycles. The molecule has 1 N–H and O–H groups in total. The van der Waals surface area contributed by atoms with E-state index in [1.807, 2.05) is 13.8 Å². The average Bonchev–Trinajstić information content (AvgIpc) is 2.27. The summed E-state index contributed by atoms with van der Waals surface area (Å²) in [5.41, 5.74) is -0.711. The maximum absolute atomic E-state index is 12.2. The molecule has 1 unspecified atom stereocenters. The zero-order chi connectivity index (χ0) is 12.8. The standard InChI is InChI=1S/C13H18N2O2/c1-12(2)9-4-10(16)15-7-13(9,3)5-8(6-14)11(12)17/h8-9H,4-5,7H2,1-3H3,(H,15,16)/t8?,9-,13+/m0/s1. The Morgan fingerprint density at radius 3 is 2.59 bits per heavy atom. The molecule has 0 aromatic heterocycles. The van der Waals surface area contributed by atoms with Gasteiger partial charge in [-0.15, -0.1) is 0 Å². The van der Waals surface area contributed by atoms with Crippen LogP contribution in [0.4, 0.5) is 0 Å². The zero-order valence-corrected chi connectivity index (χ0v) is 10.5. The van der Waals surface area contributed by atoms with Crippen molar-refractivity contribution in [2.75, 3.05) is 6.54 Å². The van der Waals surface area contributed by atoms with Crippen LogP contribution in [-0.4, -0.2) is 18.2 Å². The summed E-state index contributed by atoms with van der Waals surface area (Å²) < 4.78 is 0. The first-order valence-electron chi connectivity index (χ1n) is 6.02. The lowest BCUT2D eigenvalue weighted by atomic mass is 9.51. The summed E-state index contributed by atoms with van der Waals surface area (Å²) >= 11 is 0. The summed E-state index contributed by atoms with van der Waals surface area (Å²) in [7, 11) is 0. The topological polar surface area (TPSA) is 70.0 Å². The molecule has 2 rings (SSSR count). The van der Waals surface area contributed by atoms with Crippen LogP contribution in [-0.2, 0) is 9.59 Å². The Labute approximate surface area is 101 Å². The Hall–Kier alpha value is -1.37. The van der Waals surface area contributed by atoms with E-state index in [2.05, 4.69) is 18.3 Å². The van der Waals surface area contributed by atoms with E-state index in [1.54, 1.807) is 0 Å². The molecule has 0 radical (unpaired) electrons. The number of nitrogens with zero attached hydrogens (tertiary/aromatic N) is 1. The highest BCUT2D eigenvalue weighted by Crippen LogP contribution is 2.53. The maximum Gasteiger partial charge on any atom is 0.220 e. The highest BCUT2D eigenvalue weighted by Gasteiger charge is 2.56. The molecule has 4 nitrogen and oxygen atoms in total. The number of rotatable bonds is 0. The van der Waals surface area contributed by atoms with E-state index < -0.39 is 11.3 Å². The number of hydrogen-bond donors (Lipinski definition) is 1. The third-order valence-electron chi connectivity index (χ3n) is 4.57. The van der Waals surface area contributed by atoms with Gasteiger partial charge in [-0.2, -0.15) is 5.26 Å². The van der Waals surface area contributed by atoms with Gasteiger partial charge in [0.25, 0.3) is 0 Å². The summed E-state index contributed by atoms with van der Waals surface area (Å²) in [5.74, 6) is -0.469. The van der Waals surface area contributed by atoms with Gasteiger partial charge in [-0.05, 0) is 17.8 Å². The van der Waals surface area contributed by atoms with Gasteiger partial charge >= 0.3 is 0 Å². The highest BCUT2D eigenvalue weighted by molar-refractivity contribution is 5.91. The van der Waals surface area contributed by atoms with E-state index in [0.717, 1.165) is 0 Å². The van der Waals surface area contributed by atoms with Crippen LogP contribution in [0.2, 0.25) is 0 Å². The highest BCUT2D eigenvalue weighted by atomic mass is 16.2. The fraction of sp³-hybridized carbons (Fsp3) is 0.769. The van der Waals surface area contributed by atoms with Crippen molar-refractivity contribution in [2.45, 2.75) is 33.6 Å². The van der Waals surface area contributed by atoms with Gasteiger partial charge in [-0.25, -0.2) is 0 Å². The molecule has 92 valence electrons. The van der Waals surface area contributed by atoms with Crippen molar-refractivity contribution in [3.05, 3.63) is 0 Å². The molecular formula is C13H18N2O2. The van der Waals surface area contributed by atoms with E-state index in [9.17, 15) is 9.59 Å². The lowest BCUT2D eigenvalue weighted by molar-refractivity contribution is -0.150. The summed E-state index contributed by atoms with van der Waals surface area (Å²) in [6, 6.07) is 2.12. The van der Waals surface area contributed by atoms with Crippen molar-refractivity contribution in [1.82, 2.24) is 5.32 Å². The molecule has 3 atom stereocenters. The second-order valence-electron chi connectivity index (χ2n) is 6.16. The molecule has 1 aliphatic carbocycles. The quantitative estimate of drug-likeness (QED) is 0.686. The molecule has 0 aromatic rings. The minimum absolute atomic E-state index is 0.00262. The monoisotopic (exact) mass is 234 g/mol. The maximum atomic E-state index is 12.2. The smallest absolute Gasteiger partial charge is 0.220 e. The van der Waals surface area contributed by atoms with Gasteiger partial charge in [0.15, 0.2) is 5.78 Å². The molecule has 1 aliphatic heterocycles. The first kappa shape index (κ1) is 12.1. The average molecular weight is 234 g/mol. The van der Waals surface area contributed by atoms with Crippen LogP contribution < -0.4 is 5.32 Å². The normalized spacial score (nSPS) is 40.1. The van der Waals surface area contributed by atoms with Crippen LogP contribution in [0.3, 0.4) is 0 Å². The molecule has 2 aliphatic rings. The third kappa shape index (κ3) is 1.65. The predicted molar refractivity (Wildman–Crippen MR) is 61.7 cm³/mol. The minimum atomic E-state index is -0.578. The summed E-state index contributed by atoms with van der Waals surface area (Å²) in [4.78, 5) is 23.7. The first-order valence-corrected chi connectivity index (χ1v) is 6.02. The van der Waals surface area contributed by atoms with Crippen LogP contribution in [0.15, 0.2) is 0 Å². The van der Waals surface area contributed by atoms with Gasteiger partial charge in [0.2, 0.25) is 5.91 Å². The number of ketones is 1. The fourth-order valence-corrected chi connectivity index (χ4v) is 3.55. The minimum Gasteiger partial charge on any atom is -0.356 e. The molecule has 1 saturated carbocycles. The van der Waals surface area contributed by atoms with Crippen molar-refractivity contribution < 1.29 is 9.59 Å². The number of nitriles is 1. The molecule has 4 heteroatoms. The zero-order valence-electron chi connectivity index (χ0n) is 10.5. The number of Topliss-reactive ketones (excluding diaryl/α,β-unsaturated/α-hetero) is 1. The van der Waals surface area contributed by atoms with Crippen LogP contribution in [0.1, 0.15) is 33.6 Å². The summed E-state index contributed by atoms with van der Waals surface area (Å²) in [5, 5.41) is 12.0. The largest absolute Gasteiger partial charge is 0.356 e. The third-order valence-corrected chi connectivity index (χ3v) is 4.57. The van der Waals surface area contributed by atoms with E-state index in [1.165, 1.54) is 0 Å². The second kappa shape index (κ2) is 3.56. The van der Waals surface area contributed by atoms with Crippen molar-refractivity contribution in [2.24, 2.45) is 22.7 Å². The van der Waals surface area contributed by atoms with Gasteiger partial charge in [-0.1, -0.05) is 20.8 Å². The van der Waals surface area contributed by atoms with Gasteiger partial charge in [0.05, 0.1) is 6.07 Å². The molecule has 0 bridgehead atoms. The van der Waals surface area contributed by atoms with Crippen LogP contribution in [0.5, 0.6) is 0 Å². The van der Waals surface area contributed by atoms with Gasteiger partial charge in [0.1, 0.15) is 5.92 Å². The fourth-order valence-electron chi connectivity index (χ4n) is 3.55. The number of amides is 1. The Kier molecular flexibility index (Phi) is 2.53. The lowest BCUT2D eigenvalue weighted by Crippen LogP contribution is -2.59. The Morgan fingerprint density at radius 2 is 2.00 bits per heavy atom. The molecule has 1 saturated heterocycles. The van der Waals surface area contributed by atoms with Gasteiger partial charge in [-0.3, -0.25) is 9.59 Å². The summed E-state index contributed by atoms with van der Waals surface area (Å²) in [6.45, 7) is 6.40. The number of piperidine rings is 1. The van der Waals surface area contributed by atoms with Crippen LogP contribution >= 0.6 is 0 Å².